The topological polar surface area (TPSA) is 74.0 Å². The highest BCUT2D eigenvalue weighted by atomic mass is 16.4. The molecule has 0 radical (unpaired) electrons. The summed E-state index contributed by atoms with van der Waals surface area (Å²) in [5, 5.41) is 9.20. The quantitative estimate of drug-likeness (QED) is 0.886. The zero-order valence-electron chi connectivity index (χ0n) is 11.7. The van der Waals surface area contributed by atoms with Crippen LogP contribution in [0.15, 0.2) is 22.8 Å². The van der Waals surface area contributed by atoms with E-state index in [0.29, 0.717) is 18.8 Å². The number of hydrogen-bond donors (Lipinski definition) is 1. The number of rotatable bonds is 5. The summed E-state index contributed by atoms with van der Waals surface area (Å²) >= 11 is 0. The Labute approximate surface area is 112 Å². The Hall–Kier alpha value is -1.98. The lowest BCUT2D eigenvalue weighted by Crippen LogP contribution is -2.56. The summed E-state index contributed by atoms with van der Waals surface area (Å²) in [4.78, 5) is 26.3. The number of furan rings is 1. The third-order valence-corrected chi connectivity index (χ3v) is 3.04. The molecule has 0 aromatic carbocycles. The standard InChI is InChI=1S/C13H20N2O4/c1-5-15(13(2,3)11(16)17)12(18)14(4)9-10-7-6-8-19-10/h6-8H,5,9H2,1-4H3,(H,16,17). The molecule has 1 rings (SSSR count). The molecular formula is C13H20N2O4. The van der Waals surface area contributed by atoms with Gasteiger partial charge < -0.3 is 19.3 Å². The molecule has 1 aromatic heterocycles. The van der Waals surface area contributed by atoms with Gasteiger partial charge in [-0.25, -0.2) is 9.59 Å². The number of likely N-dealkylation sites (N-methyl/N-ethyl adjacent to an activating group) is 1. The molecule has 0 aliphatic heterocycles. The normalized spacial score (nSPS) is 11.2. The Morgan fingerprint density at radius 1 is 1.42 bits per heavy atom. The predicted molar refractivity (Wildman–Crippen MR) is 69.7 cm³/mol. The fourth-order valence-corrected chi connectivity index (χ4v) is 1.80. The molecule has 1 N–H and O–H groups in total. The van der Waals surface area contributed by atoms with Crippen molar-refractivity contribution in [2.75, 3.05) is 13.6 Å². The average Bonchev–Trinajstić information content (AvgIpc) is 2.81. The van der Waals surface area contributed by atoms with E-state index in [9.17, 15) is 14.7 Å². The van der Waals surface area contributed by atoms with E-state index in [1.54, 1.807) is 26.1 Å². The Balaban J connectivity index is 2.81. The number of carbonyl (C=O) groups is 2. The molecule has 0 bridgehead atoms. The first-order chi connectivity index (χ1) is 8.80. The number of hydrogen-bond acceptors (Lipinski definition) is 3. The van der Waals surface area contributed by atoms with E-state index >= 15 is 0 Å². The fraction of sp³-hybridized carbons (Fsp3) is 0.538. The summed E-state index contributed by atoms with van der Waals surface area (Å²) in [6, 6.07) is 3.17. The third-order valence-electron chi connectivity index (χ3n) is 3.04. The second-order valence-corrected chi connectivity index (χ2v) is 4.83. The van der Waals surface area contributed by atoms with Crippen molar-refractivity contribution < 1.29 is 19.1 Å². The molecule has 0 spiro atoms. The molecule has 19 heavy (non-hydrogen) atoms. The van der Waals surface area contributed by atoms with Gasteiger partial charge >= 0.3 is 12.0 Å². The van der Waals surface area contributed by atoms with Gasteiger partial charge in [-0.3, -0.25) is 0 Å². The van der Waals surface area contributed by atoms with E-state index in [1.807, 2.05) is 0 Å². The molecule has 106 valence electrons. The number of carbonyl (C=O) groups excluding carboxylic acids is 1. The van der Waals surface area contributed by atoms with Crippen molar-refractivity contribution in [3.63, 3.8) is 0 Å². The van der Waals surface area contributed by atoms with Gasteiger partial charge in [0.25, 0.3) is 0 Å². The molecule has 6 nitrogen and oxygen atoms in total. The van der Waals surface area contributed by atoms with Crippen LogP contribution in [0.1, 0.15) is 26.5 Å². The van der Waals surface area contributed by atoms with Gasteiger partial charge in [0.05, 0.1) is 12.8 Å². The second-order valence-electron chi connectivity index (χ2n) is 4.83. The number of carboxylic acids is 1. The molecule has 2 amide bonds. The van der Waals surface area contributed by atoms with Gasteiger partial charge in [0.15, 0.2) is 0 Å². The fourth-order valence-electron chi connectivity index (χ4n) is 1.80. The van der Waals surface area contributed by atoms with Crippen molar-refractivity contribution in [2.45, 2.75) is 32.9 Å². The Morgan fingerprint density at radius 3 is 2.47 bits per heavy atom. The van der Waals surface area contributed by atoms with Gasteiger partial charge in [-0.05, 0) is 32.9 Å². The third kappa shape index (κ3) is 3.27. The molecular weight excluding hydrogens is 248 g/mol. The van der Waals surface area contributed by atoms with E-state index in [-0.39, 0.29) is 6.03 Å². The van der Waals surface area contributed by atoms with Crippen LogP contribution in [0.4, 0.5) is 4.79 Å². The molecule has 0 saturated carbocycles. The van der Waals surface area contributed by atoms with E-state index in [0.717, 1.165) is 0 Å². The van der Waals surface area contributed by atoms with Gasteiger partial charge in [-0.1, -0.05) is 0 Å². The molecule has 0 saturated heterocycles. The first-order valence-electron chi connectivity index (χ1n) is 6.09. The summed E-state index contributed by atoms with van der Waals surface area (Å²) < 4.78 is 5.17. The molecule has 0 aliphatic rings. The number of nitrogens with zero attached hydrogens (tertiary/aromatic N) is 2. The van der Waals surface area contributed by atoms with Crippen LogP contribution in [0.2, 0.25) is 0 Å². The summed E-state index contributed by atoms with van der Waals surface area (Å²) in [5.74, 6) is -0.380. The maximum atomic E-state index is 12.3. The largest absolute Gasteiger partial charge is 0.480 e. The minimum atomic E-state index is -1.25. The highest BCUT2D eigenvalue weighted by Gasteiger charge is 2.38. The van der Waals surface area contributed by atoms with Crippen LogP contribution >= 0.6 is 0 Å². The average molecular weight is 268 g/mol. The molecule has 6 heteroatoms. The van der Waals surface area contributed by atoms with Crippen LogP contribution in [0.5, 0.6) is 0 Å². The second kappa shape index (κ2) is 5.77. The highest BCUT2D eigenvalue weighted by Crippen LogP contribution is 2.17. The van der Waals surface area contributed by atoms with Crippen LogP contribution < -0.4 is 0 Å². The Kier molecular flexibility index (Phi) is 4.58. The first kappa shape index (κ1) is 15.1. The predicted octanol–water partition coefficient (Wildman–Crippen LogP) is 2.02. The smallest absolute Gasteiger partial charge is 0.329 e. The molecule has 0 fully saturated rings. The van der Waals surface area contributed by atoms with Gasteiger partial charge in [-0.15, -0.1) is 0 Å². The molecule has 1 heterocycles. The Bertz CT molecular complexity index is 440. The zero-order valence-corrected chi connectivity index (χ0v) is 11.7. The van der Waals surface area contributed by atoms with Crippen LogP contribution in [0.25, 0.3) is 0 Å². The minimum Gasteiger partial charge on any atom is -0.480 e. The minimum absolute atomic E-state index is 0.304. The first-order valence-corrected chi connectivity index (χ1v) is 6.09. The number of amides is 2. The molecule has 0 unspecified atom stereocenters. The van der Waals surface area contributed by atoms with Crippen molar-refractivity contribution in [3.05, 3.63) is 24.2 Å². The van der Waals surface area contributed by atoms with E-state index in [4.69, 9.17) is 4.42 Å². The van der Waals surface area contributed by atoms with Crippen molar-refractivity contribution in [3.8, 4) is 0 Å². The van der Waals surface area contributed by atoms with Crippen molar-refractivity contribution in [1.82, 2.24) is 9.80 Å². The summed E-state index contributed by atoms with van der Waals surface area (Å²) in [7, 11) is 1.62. The van der Waals surface area contributed by atoms with Gasteiger partial charge in [0, 0.05) is 13.6 Å². The Morgan fingerprint density at radius 2 is 2.05 bits per heavy atom. The van der Waals surface area contributed by atoms with E-state index in [2.05, 4.69) is 0 Å². The zero-order chi connectivity index (χ0) is 14.6. The molecule has 1 aromatic rings. The van der Waals surface area contributed by atoms with Crippen LogP contribution in [0, 0.1) is 0 Å². The van der Waals surface area contributed by atoms with Crippen LogP contribution in [0.3, 0.4) is 0 Å². The van der Waals surface area contributed by atoms with Crippen LogP contribution in [-0.2, 0) is 11.3 Å². The van der Waals surface area contributed by atoms with Gasteiger partial charge in [0.1, 0.15) is 11.3 Å². The lowest BCUT2D eigenvalue weighted by atomic mass is 10.0. The summed E-state index contributed by atoms with van der Waals surface area (Å²) in [6.45, 7) is 5.40. The molecule has 0 atom stereocenters. The van der Waals surface area contributed by atoms with E-state index in [1.165, 1.54) is 29.9 Å². The molecule has 0 aliphatic carbocycles. The maximum Gasteiger partial charge on any atom is 0.329 e. The number of carboxylic acid groups (broad SMARTS) is 1. The highest BCUT2D eigenvalue weighted by molar-refractivity contribution is 5.85. The lowest BCUT2D eigenvalue weighted by molar-refractivity contribution is -0.147. The van der Waals surface area contributed by atoms with Gasteiger partial charge in [0.2, 0.25) is 0 Å². The van der Waals surface area contributed by atoms with Crippen molar-refractivity contribution >= 4 is 12.0 Å². The monoisotopic (exact) mass is 268 g/mol. The number of aliphatic carboxylic acids is 1. The van der Waals surface area contributed by atoms with Gasteiger partial charge in [-0.2, -0.15) is 0 Å². The number of urea groups is 1. The maximum absolute atomic E-state index is 12.3. The summed E-state index contributed by atoms with van der Waals surface area (Å²) in [5.41, 5.74) is -1.25. The van der Waals surface area contributed by atoms with Crippen molar-refractivity contribution in [2.24, 2.45) is 0 Å². The van der Waals surface area contributed by atoms with Crippen molar-refractivity contribution in [1.29, 1.82) is 0 Å². The SMILES string of the molecule is CCN(C(=O)N(C)Cc1ccco1)C(C)(C)C(=O)O. The lowest BCUT2D eigenvalue weighted by Gasteiger charge is -2.36. The summed E-state index contributed by atoms with van der Waals surface area (Å²) in [6.07, 6.45) is 1.53. The van der Waals surface area contributed by atoms with Crippen LogP contribution in [-0.4, -0.2) is 46.0 Å². The van der Waals surface area contributed by atoms with E-state index < -0.39 is 11.5 Å².